The zero-order chi connectivity index (χ0) is 23.9. The second kappa shape index (κ2) is 10.6. The smallest absolute Gasteiger partial charge is 0.475 e. The minimum Gasteiger partial charge on any atom is -0.475 e. The fourth-order valence-corrected chi connectivity index (χ4v) is 2.31. The van der Waals surface area contributed by atoms with Gasteiger partial charge in [0.2, 0.25) is 0 Å². The van der Waals surface area contributed by atoms with E-state index < -0.39 is 35.7 Å². The van der Waals surface area contributed by atoms with Crippen molar-refractivity contribution in [2.75, 3.05) is 11.9 Å². The lowest BCUT2D eigenvalue weighted by Gasteiger charge is -2.13. The zero-order valence-corrected chi connectivity index (χ0v) is 15.9. The quantitative estimate of drug-likeness (QED) is 0.388. The number of nitrogens with zero attached hydrogens (tertiary/aromatic N) is 2. The topological polar surface area (TPSA) is 95.3 Å². The van der Waals surface area contributed by atoms with E-state index in [1.165, 1.54) is 12.4 Å². The number of halogens is 6. The predicted molar refractivity (Wildman–Crippen MR) is 101 cm³/mol. The average Bonchev–Trinajstić information content (AvgIpc) is 2.76. The fourth-order valence-electron chi connectivity index (χ4n) is 2.31. The molecule has 1 atom stereocenters. The van der Waals surface area contributed by atoms with Gasteiger partial charge in [0.05, 0.1) is 11.8 Å². The summed E-state index contributed by atoms with van der Waals surface area (Å²) in [6.07, 6.45) is -4.62. The number of aliphatic carboxylic acids is 1. The first-order chi connectivity index (χ1) is 15.0. The minimum absolute atomic E-state index is 0.0884. The van der Waals surface area contributed by atoms with E-state index in [4.69, 9.17) is 9.90 Å². The fraction of sp³-hybridized carbons (Fsp3) is 0.150. The van der Waals surface area contributed by atoms with Crippen molar-refractivity contribution in [2.45, 2.75) is 12.3 Å². The SMILES string of the molecule is O=C(O)C(F)(F)F.O[C@@H](CNc1cc(-c2cc(F)c(F)c(F)c2)ncn1)c1ccccc1. The molecule has 12 heteroatoms. The summed E-state index contributed by atoms with van der Waals surface area (Å²) >= 11 is 0. The van der Waals surface area contributed by atoms with E-state index in [0.29, 0.717) is 5.82 Å². The summed E-state index contributed by atoms with van der Waals surface area (Å²) in [4.78, 5) is 16.8. The number of carboxylic acids is 1. The van der Waals surface area contributed by atoms with E-state index >= 15 is 0 Å². The van der Waals surface area contributed by atoms with Gasteiger partial charge in [0.25, 0.3) is 0 Å². The standard InChI is InChI=1S/C18H14F3N3O.C2HF3O2/c19-13-6-12(7-14(20)18(13)21)15-8-17(24-10-23-15)22-9-16(25)11-4-2-1-3-5-11;3-2(4,5)1(6)7/h1-8,10,16,25H,9H2,(H,22,23,24);(H,6,7)/t16-;/m0./s1. The highest BCUT2D eigenvalue weighted by atomic mass is 19.4. The molecule has 32 heavy (non-hydrogen) atoms. The van der Waals surface area contributed by atoms with E-state index in [1.807, 2.05) is 18.2 Å². The van der Waals surface area contributed by atoms with Crippen molar-refractivity contribution in [1.29, 1.82) is 0 Å². The Balaban J connectivity index is 0.000000451. The number of nitrogens with one attached hydrogen (secondary N) is 1. The van der Waals surface area contributed by atoms with E-state index in [9.17, 15) is 31.4 Å². The number of carboxylic acid groups (broad SMARTS) is 1. The molecule has 0 saturated carbocycles. The highest BCUT2D eigenvalue weighted by molar-refractivity contribution is 5.73. The van der Waals surface area contributed by atoms with Gasteiger partial charge in [-0.1, -0.05) is 30.3 Å². The number of rotatable bonds is 5. The van der Waals surface area contributed by atoms with E-state index in [2.05, 4.69) is 15.3 Å². The van der Waals surface area contributed by atoms with Crippen molar-refractivity contribution in [3.05, 3.63) is 77.9 Å². The third-order valence-electron chi connectivity index (χ3n) is 3.85. The van der Waals surface area contributed by atoms with Gasteiger partial charge in [0.15, 0.2) is 17.5 Å². The van der Waals surface area contributed by atoms with Gasteiger partial charge in [-0.3, -0.25) is 0 Å². The molecular formula is C20H15F6N3O3. The van der Waals surface area contributed by atoms with Crippen LogP contribution >= 0.6 is 0 Å². The normalized spacial score (nSPS) is 11.8. The summed E-state index contributed by atoms with van der Waals surface area (Å²) < 4.78 is 71.5. The third kappa shape index (κ3) is 6.94. The van der Waals surface area contributed by atoms with Crippen molar-refractivity contribution in [2.24, 2.45) is 0 Å². The van der Waals surface area contributed by atoms with Gasteiger partial charge in [0, 0.05) is 18.2 Å². The molecule has 1 aromatic heterocycles. The molecule has 3 rings (SSSR count). The summed E-state index contributed by atoms with van der Waals surface area (Å²) in [5, 5.41) is 20.2. The maximum atomic E-state index is 13.4. The summed E-state index contributed by atoms with van der Waals surface area (Å²) in [5.74, 6) is -6.50. The molecule has 6 nitrogen and oxygen atoms in total. The number of anilines is 1. The molecule has 0 unspecified atom stereocenters. The first-order valence-corrected chi connectivity index (χ1v) is 8.73. The van der Waals surface area contributed by atoms with Gasteiger partial charge in [-0.2, -0.15) is 13.2 Å². The molecule has 0 fully saturated rings. The van der Waals surface area contributed by atoms with Gasteiger partial charge < -0.3 is 15.5 Å². The number of carbonyl (C=O) groups is 1. The molecule has 0 aliphatic carbocycles. The van der Waals surface area contributed by atoms with Crippen LogP contribution in [0.1, 0.15) is 11.7 Å². The van der Waals surface area contributed by atoms with E-state index in [-0.39, 0.29) is 17.8 Å². The lowest BCUT2D eigenvalue weighted by molar-refractivity contribution is -0.192. The number of benzene rings is 2. The minimum atomic E-state index is -5.08. The molecule has 170 valence electrons. The van der Waals surface area contributed by atoms with Crippen molar-refractivity contribution in [3.8, 4) is 11.3 Å². The third-order valence-corrected chi connectivity index (χ3v) is 3.85. The monoisotopic (exact) mass is 459 g/mol. The second-order valence-corrected chi connectivity index (χ2v) is 6.15. The second-order valence-electron chi connectivity index (χ2n) is 6.15. The highest BCUT2D eigenvalue weighted by Gasteiger charge is 2.38. The largest absolute Gasteiger partial charge is 0.490 e. The number of aromatic nitrogens is 2. The first kappa shape index (κ1) is 24.6. The predicted octanol–water partition coefficient (Wildman–Crippen LogP) is 4.34. The van der Waals surface area contributed by atoms with Crippen molar-refractivity contribution >= 4 is 11.8 Å². The van der Waals surface area contributed by atoms with Crippen molar-refractivity contribution in [3.63, 3.8) is 0 Å². The van der Waals surface area contributed by atoms with Crippen LogP contribution in [0.5, 0.6) is 0 Å². The number of alkyl halides is 3. The van der Waals surface area contributed by atoms with Gasteiger partial charge in [-0.25, -0.2) is 27.9 Å². The summed E-state index contributed by atoms with van der Waals surface area (Å²) in [6, 6.07) is 12.3. The Morgan fingerprint density at radius 2 is 1.56 bits per heavy atom. The van der Waals surface area contributed by atoms with Crippen LogP contribution in [0.2, 0.25) is 0 Å². The number of aliphatic hydroxyl groups excluding tert-OH is 1. The number of hydrogen-bond acceptors (Lipinski definition) is 5. The molecule has 2 aromatic carbocycles. The molecule has 0 aliphatic rings. The Morgan fingerprint density at radius 1 is 1.00 bits per heavy atom. The number of hydrogen-bond donors (Lipinski definition) is 3. The van der Waals surface area contributed by atoms with Gasteiger partial charge in [0.1, 0.15) is 12.1 Å². The molecule has 0 amide bonds. The van der Waals surface area contributed by atoms with Crippen LogP contribution < -0.4 is 5.32 Å². The molecule has 0 spiro atoms. The van der Waals surface area contributed by atoms with E-state index in [0.717, 1.165) is 17.7 Å². The lowest BCUT2D eigenvalue weighted by Crippen LogP contribution is -2.21. The zero-order valence-electron chi connectivity index (χ0n) is 15.9. The Bertz CT molecular complexity index is 1040. The molecule has 0 bridgehead atoms. The summed E-state index contributed by atoms with van der Waals surface area (Å²) in [7, 11) is 0. The van der Waals surface area contributed by atoms with Crippen LogP contribution in [0, 0.1) is 17.5 Å². The lowest BCUT2D eigenvalue weighted by atomic mass is 10.1. The molecular weight excluding hydrogens is 444 g/mol. The van der Waals surface area contributed by atoms with Crippen molar-refractivity contribution in [1.82, 2.24) is 9.97 Å². The van der Waals surface area contributed by atoms with Gasteiger partial charge in [-0.15, -0.1) is 0 Å². The molecule has 1 heterocycles. The summed E-state index contributed by atoms with van der Waals surface area (Å²) in [6.45, 7) is 0.187. The molecule has 3 N–H and O–H groups in total. The molecule has 0 aliphatic heterocycles. The maximum absolute atomic E-state index is 13.4. The van der Waals surface area contributed by atoms with Crippen LogP contribution in [0.4, 0.5) is 32.2 Å². The van der Waals surface area contributed by atoms with Crippen LogP contribution in [0.25, 0.3) is 11.3 Å². The van der Waals surface area contributed by atoms with Gasteiger partial charge >= 0.3 is 12.1 Å². The maximum Gasteiger partial charge on any atom is 0.490 e. The average molecular weight is 459 g/mol. The van der Waals surface area contributed by atoms with Crippen LogP contribution in [0.3, 0.4) is 0 Å². The van der Waals surface area contributed by atoms with Crippen LogP contribution in [-0.4, -0.2) is 38.9 Å². The Kier molecular flexibility index (Phi) is 8.13. The Hall–Kier alpha value is -3.67. The van der Waals surface area contributed by atoms with Crippen LogP contribution in [0.15, 0.2) is 54.9 Å². The molecule has 0 saturated heterocycles. The molecule has 0 radical (unpaired) electrons. The Morgan fingerprint density at radius 3 is 2.09 bits per heavy atom. The van der Waals surface area contributed by atoms with Crippen molar-refractivity contribution < 1.29 is 41.4 Å². The number of aliphatic hydroxyl groups is 1. The van der Waals surface area contributed by atoms with E-state index in [1.54, 1.807) is 12.1 Å². The van der Waals surface area contributed by atoms with Crippen LogP contribution in [-0.2, 0) is 4.79 Å². The highest BCUT2D eigenvalue weighted by Crippen LogP contribution is 2.23. The first-order valence-electron chi connectivity index (χ1n) is 8.73. The Labute approximate surface area is 177 Å². The van der Waals surface area contributed by atoms with Gasteiger partial charge in [-0.05, 0) is 17.7 Å². The molecule has 3 aromatic rings. The summed E-state index contributed by atoms with van der Waals surface area (Å²) in [5.41, 5.74) is 1.06.